The molecule has 12 heavy (non-hydrogen) atoms. The molecular weight excluding hydrogens is 154 g/mol. The van der Waals surface area contributed by atoms with Gasteiger partial charge in [-0.05, 0) is 12.8 Å². The molecule has 0 aromatic rings. The van der Waals surface area contributed by atoms with E-state index in [0.717, 1.165) is 6.42 Å². The molecule has 3 heteroatoms. The van der Waals surface area contributed by atoms with Crippen LogP contribution in [-0.4, -0.2) is 18.1 Å². The van der Waals surface area contributed by atoms with E-state index in [-0.39, 0.29) is 11.9 Å². The van der Waals surface area contributed by atoms with Gasteiger partial charge in [0.25, 0.3) is 0 Å². The van der Waals surface area contributed by atoms with Crippen molar-refractivity contribution >= 4 is 5.97 Å². The van der Waals surface area contributed by atoms with E-state index in [2.05, 4.69) is 6.58 Å². The molecule has 1 aliphatic rings. The maximum atomic E-state index is 11.3. The molecular formula is C9H15NO2. The fourth-order valence-electron chi connectivity index (χ4n) is 1.16. The zero-order valence-electron chi connectivity index (χ0n) is 7.38. The predicted octanol–water partition coefficient (Wildman–Crippen LogP) is 0.843. The van der Waals surface area contributed by atoms with Crippen LogP contribution in [0.3, 0.4) is 0 Å². The van der Waals surface area contributed by atoms with Crippen molar-refractivity contribution in [2.24, 2.45) is 11.7 Å². The SMILES string of the molecule is C=C[C@@H]1C[C@]1(N)C(=O)OCCC. The number of hydrogen-bond acceptors (Lipinski definition) is 3. The summed E-state index contributed by atoms with van der Waals surface area (Å²) < 4.78 is 4.94. The molecule has 68 valence electrons. The third-order valence-electron chi connectivity index (χ3n) is 2.16. The van der Waals surface area contributed by atoms with Gasteiger partial charge in [-0.1, -0.05) is 13.0 Å². The maximum absolute atomic E-state index is 11.3. The average molecular weight is 169 g/mol. The molecule has 3 nitrogen and oxygen atoms in total. The second kappa shape index (κ2) is 3.27. The van der Waals surface area contributed by atoms with E-state index < -0.39 is 5.54 Å². The maximum Gasteiger partial charge on any atom is 0.326 e. The van der Waals surface area contributed by atoms with E-state index in [1.165, 1.54) is 0 Å². The highest BCUT2D eigenvalue weighted by molar-refractivity contribution is 5.85. The highest BCUT2D eigenvalue weighted by atomic mass is 16.5. The summed E-state index contributed by atoms with van der Waals surface area (Å²) in [5.41, 5.74) is 4.99. The minimum Gasteiger partial charge on any atom is -0.464 e. The summed E-state index contributed by atoms with van der Waals surface area (Å²) in [6.45, 7) is 6.01. The molecule has 1 fully saturated rings. The predicted molar refractivity (Wildman–Crippen MR) is 46.5 cm³/mol. The molecule has 0 unspecified atom stereocenters. The van der Waals surface area contributed by atoms with Gasteiger partial charge in [0.15, 0.2) is 0 Å². The minimum absolute atomic E-state index is 0.113. The van der Waals surface area contributed by atoms with E-state index in [0.29, 0.717) is 13.0 Å². The Morgan fingerprint density at radius 1 is 1.92 bits per heavy atom. The van der Waals surface area contributed by atoms with Gasteiger partial charge in [0, 0.05) is 5.92 Å². The first-order chi connectivity index (χ1) is 5.65. The van der Waals surface area contributed by atoms with Crippen LogP contribution in [0.2, 0.25) is 0 Å². The largest absolute Gasteiger partial charge is 0.464 e. The first-order valence-corrected chi connectivity index (χ1v) is 4.23. The molecule has 0 aliphatic heterocycles. The van der Waals surface area contributed by atoms with Gasteiger partial charge in [0.05, 0.1) is 6.61 Å². The van der Waals surface area contributed by atoms with Crippen LogP contribution in [-0.2, 0) is 9.53 Å². The average Bonchev–Trinajstić information content (AvgIpc) is 2.74. The van der Waals surface area contributed by atoms with E-state index in [1.54, 1.807) is 6.08 Å². The highest BCUT2D eigenvalue weighted by Crippen LogP contribution is 2.42. The van der Waals surface area contributed by atoms with Crippen molar-refractivity contribution in [3.63, 3.8) is 0 Å². The fourth-order valence-corrected chi connectivity index (χ4v) is 1.16. The summed E-state index contributed by atoms with van der Waals surface area (Å²) in [4.78, 5) is 11.3. The minimum atomic E-state index is -0.753. The van der Waals surface area contributed by atoms with Gasteiger partial charge in [0.2, 0.25) is 0 Å². The Morgan fingerprint density at radius 2 is 2.58 bits per heavy atom. The summed E-state index contributed by atoms with van der Waals surface area (Å²) in [5, 5.41) is 0. The van der Waals surface area contributed by atoms with Crippen LogP contribution < -0.4 is 5.73 Å². The molecule has 2 N–H and O–H groups in total. The molecule has 0 spiro atoms. The molecule has 0 aromatic carbocycles. The van der Waals surface area contributed by atoms with Crippen molar-refractivity contribution in [1.29, 1.82) is 0 Å². The molecule has 0 heterocycles. The van der Waals surface area contributed by atoms with Gasteiger partial charge in [0.1, 0.15) is 5.54 Å². The topological polar surface area (TPSA) is 52.3 Å². The Bertz CT molecular complexity index is 203. The highest BCUT2D eigenvalue weighted by Gasteiger charge is 2.56. The fraction of sp³-hybridized carbons (Fsp3) is 0.667. The van der Waals surface area contributed by atoms with Crippen LogP contribution in [0.25, 0.3) is 0 Å². The first-order valence-electron chi connectivity index (χ1n) is 4.23. The van der Waals surface area contributed by atoms with Crippen molar-refractivity contribution < 1.29 is 9.53 Å². The third kappa shape index (κ3) is 1.50. The monoisotopic (exact) mass is 169 g/mol. The van der Waals surface area contributed by atoms with Crippen LogP contribution in [0.15, 0.2) is 12.7 Å². The van der Waals surface area contributed by atoms with Crippen LogP contribution in [0, 0.1) is 5.92 Å². The zero-order chi connectivity index (χ0) is 9.19. The van der Waals surface area contributed by atoms with Crippen LogP contribution in [0.4, 0.5) is 0 Å². The van der Waals surface area contributed by atoms with Gasteiger partial charge in [-0.15, -0.1) is 6.58 Å². The second-order valence-electron chi connectivity index (χ2n) is 3.22. The lowest BCUT2D eigenvalue weighted by atomic mass is 10.2. The third-order valence-corrected chi connectivity index (χ3v) is 2.16. The van der Waals surface area contributed by atoms with Crippen molar-refractivity contribution in [1.82, 2.24) is 0 Å². The zero-order valence-corrected chi connectivity index (χ0v) is 7.38. The molecule has 0 bridgehead atoms. The Balaban J connectivity index is 2.38. The van der Waals surface area contributed by atoms with Crippen molar-refractivity contribution in [3.05, 3.63) is 12.7 Å². The van der Waals surface area contributed by atoms with Crippen molar-refractivity contribution in [3.8, 4) is 0 Å². The number of esters is 1. The Morgan fingerprint density at radius 3 is 3.00 bits per heavy atom. The molecule has 1 rings (SSSR count). The summed E-state index contributed by atoms with van der Waals surface area (Å²) in [7, 11) is 0. The van der Waals surface area contributed by atoms with Gasteiger partial charge in [-0.25, -0.2) is 0 Å². The van der Waals surface area contributed by atoms with Gasteiger partial charge >= 0.3 is 5.97 Å². The lowest BCUT2D eigenvalue weighted by Crippen LogP contribution is -2.36. The number of ether oxygens (including phenoxy) is 1. The lowest BCUT2D eigenvalue weighted by molar-refractivity contribution is -0.146. The van der Waals surface area contributed by atoms with Gasteiger partial charge in [-0.2, -0.15) is 0 Å². The molecule has 1 aliphatic carbocycles. The van der Waals surface area contributed by atoms with Gasteiger partial charge in [-0.3, -0.25) is 4.79 Å². The van der Waals surface area contributed by atoms with E-state index in [1.807, 2.05) is 6.92 Å². The second-order valence-corrected chi connectivity index (χ2v) is 3.22. The van der Waals surface area contributed by atoms with E-state index in [9.17, 15) is 4.79 Å². The van der Waals surface area contributed by atoms with Crippen molar-refractivity contribution in [2.45, 2.75) is 25.3 Å². The lowest BCUT2D eigenvalue weighted by Gasteiger charge is -2.08. The number of nitrogens with two attached hydrogens (primary N) is 1. The summed E-state index contributed by atoms with van der Waals surface area (Å²) in [6, 6.07) is 0. The number of carbonyl (C=O) groups is 1. The molecule has 0 amide bonds. The normalized spacial score (nSPS) is 32.7. The van der Waals surface area contributed by atoms with E-state index >= 15 is 0 Å². The quantitative estimate of drug-likeness (QED) is 0.501. The molecule has 0 aromatic heterocycles. The number of rotatable bonds is 4. The van der Waals surface area contributed by atoms with Crippen molar-refractivity contribution in [2.75, 3.05) is 6.61 Å². The first kappa shape index (κ1) is 9.26. The standard InChI is InChI=1S/C9H15NO2/c1-3-5-12-8(11)9(10)6-7(9)4-2/h4,7H,2-3,5-6,10H2,1H3/t7-,9-/m1/s1. The Labute approximate surface area is 72.6 Å². The molecule has 0 saturated heterocycles. The summed E-state index contributed by atoms with van der Waals surface area (Å²) in [5.74, 6) is -0.170. The summed E-state index contributed by atoms with van der Waals surface area (Å²) in [6.07, 6.45) is 3.23. The Kier molecular flexibility index (Phi) is 2.52. The smallest absolute Gasteiger partial charge is 0.326 e. The van der Waals surface area contributed by atoms with Crippen LogP contribution in [0.1, 0.15) is 19.8 Å². The molecule has 2 atom stereocenters. The van der Waals surface area contributed by atoms with E-state index in [4.69, 9.17) is 10.5 Å². The summed E-state index contributed by atoms with van der Waals surface area (Å²) >= 11 is 0. The Hall–Kier alpha value is -0.830. The van der Waals surface area contributed by atoms with Crippen LogP contribution in [0.5, 0.6) is 0 Å². The molecule has 0 radical (unpaired) electrons. The van der Waals surface area contributed by atoms with Gasteiger partial charge < -0.3 is 10.5 Å². The van der Waals surface area contributed by atoms with Crippen LogP contribution >= 0.6 is 0 Å². The number of hydrogen-bond donors (Lipinski definition) is 1. The molecule has 1 saturated carbocycles. The number of carbonyl (C=O) groups excluding carboxylic acids is 1.